The second-order valence-corrected chi connectivity index (χ2v) is 2.73. The number of carbonyl (C=O) groups is 2. The van der Waals surface area contributed by atoms with Crippen LogP contribution in [0.3, 0.4) is 0 Å². The van der Waals surface area contributed by atoms with Crippen LogP contribution in [0.15, 0.2) is 0 Å². The minimum atomic E-state index is -0.908. The van der Waals surface area contributed by atoms with Crippen molar-refractivity contribution in [3.05, 3.63) is 0 Å². The second kappa shape index (κ2) is 5.29. The number of hydrogen-bond donors (Lipinski definition) is 1. The van der Waals surface area contributed by atoms with Crippen LogP contribution in [-0.4, -0.2) is 28.9 Å². The third-order valence-electron chi connectivity index (χ3n) is 0.923. The summed E-state index contributed by atoms with van der Waals surface area (Å²) in [6, 6.07) is 0. The van der Waals surface area contributed by atoms with Crippen molar-refractivity contribution in [2.75, 3.05) is 12.0 Å². The van der Waals surface area contributed by atoms with Crippen molar-refractivity contribution < 1.29 is 14.7 Å². The van der Waals surface area contributed by atoms with Gasteiger partial charge in [0.2, 0.25) is 0 Å². The summed E-state index contributed by atoms with van der Waals surface area (Å²) >= 11 is 1.42. The molecule has 0 rings (SSSR count). The third kappa shape index (κ3) is 5.62. The second-order valence-electron chi connectivity index (χ2n) is 1.87. The first-order valence-corrected chi connectivity index (χ1v) is 4.28. The first kappa shape index (κ1) is 9.49. The first-order valence-electron chi connectivity index (χ1n) is 2.89. The van der Waals surface area contributed by atoms with Gasteiger partial charge in [-0.15, -0.1) is 0 Å². The van der Waals surface area contributed by atoms with E-state index < -0.39 is 5.97 Å². The molecule has 0 aromatic rings. The van der Waals surface area contributed by atoms with Crippen molar-refractivity contribution in [1.82, 2.24) is 0 Å². The van der Waals surface area contributed by atoms with E-state index in [1.54, 1.807) is 0 Å². The molecule has 4 heteroatoms. The molecular formula is C6H10O3S. The van der Waals surface area contributed by atoms with Crippen molar-refractivity contribution in [1.29, 1.82) is 0 Å². The highest BCUT2D eigenvalue weighted by atomic mass is 32.2. The Hall–Kier alpha value is -0.510. The summed E-state index contributed by atoms with van der Waals surface area (Å²) in [5, 5.41) is 8.17. The van der Waals surface area contributed by atoms with Crippen molar-refractivity contribution in [3.8, 4) is 0 Å². The van der Waals surface area contributed by atoms with E-state index in [1.165, 1.54) is 11.8 Å². The summed E-state index contributed by atoms with van der Waals surface area (Å²) in [5.41, 5.74) is 0. The molecule has 0 aromatic carbocycles. The lowest BCUT2D eigenvalue weighted by molar-refractivity contribution is -0.138. The summed E-state index contributed by atoms with van der Waals surface area (Å²) in [4.78, 5) is 20.6. The zero-order chi connectivity index (χ0) is 7.98. The van der Waals surface area contributed by atoms with Gasteiger partial charge in [0.1, 0.15) is 5.78 Å². The number of Topliss-reactive ketones (excluding diaryl/α,β-unsaturated/α-hetero) is 1. The van der Waals surface area contributed by atoms with Crippen molar-refractivity contribution in [2.45, 2.75) is 12.8 Å². The fourth-order valence-electron chi connectivity index (χ4n) is 0.480. The standard InChI is InChI=1S/C6H10O3S/c1-10-4-5(7)2-3-6(8)9/h2-4H2,1H3,(H,8,9). The Morgan fingerprint density at radius 2 is 2.00 bits per heavy atom. The molecule has 0 atom stereocenters. The molecule has 0 amide bonds. The molecular weight excluding hydrogens is 152 g/mol. The molecule has 0 unspecified atom stereocenters. The number of carboxylic acid groups (broad SMARTS) is 1. The average Bonchev–Trinajstić information content (AvgIpc) is 1.85. The van der Waals surface area contributed by atoms with Gasteiger partial charge < -0.3 is 5.11 Å². The molecule has 0 saturated carbocycles. The average molecular weight is 162 g/mol. The maximum atomic E-state index is 10.7. The number of carboxylic acids is 1. The molecule has 0 heterocycles. The van der Waals surface area contributed by atoms with Crippen LogP contribution in [-0.2, 0) is 9.59 Å². The minimum absolute atomic E-state index is 0.00917. The van der Waals surface area contributed by atoms with Gasteiger partial charge in [0, 0.05) is 6.42 Å². The number of hydrogen-bond acceptors (Lipinski definition) is 3. The van der Waals surface area contributed by atoms with Gasteiger partial charge in [0.05, 0.1) is 12.2 Å². The minimum Gasteiger partial charge on any atom is -0.481 e. The Bertz CT molecular complexity index is 133. The summed E-state index contributed by atoms with van der Waals surface area (Å²) in [6.45, 7) is 0. The van der Waals surface area contributed by atoms with Crippen LogP contribution in [0.5, 0.6) is 0 Å². The van der Waals surface area contributed by atoms with E-state index >= 15 is 0 Å². The van der Waals surface area contributed by atoms with Crippen molar-refractivity contribution in [2.24, 2.45) is 0 Å². The normalized spacial score (nSPS) is 9.30. The SMILES string of the molecule is CSCC(=O)CCC(=O)O. The molecule has 0 aliphatic heterocycles. The molecule has 0 aliphatic carbocycles. The first-order chi connectivity index (χ1) is 4.66. The van der Waals surface area contributed by atoms with Gasteiger partial charge >= 0.3 is 5.97 Å². The lowest BCUT2D eigenvalue weighted by Crippen LogP contribution is -2.04. The smallest absolute Gasteiger partial charge is 0.303 e. The molecule has 58 valence electrons. The predicted molar refractivity (Wildman–Crippen MR) is 40.3 cm³/mol. The van der Waals surface area contributed by atoms with Gasteiger partial charge in [-0.2, -0.15) is 11.8 Å². The number of aliphatic carboxylic acids is 1. The number of carbonyl (C=O) groups excluding carboxylic acids is 1. The Balaban J connectivity index is 3.30. The molecule has 0 bridgehead atoms. The molecule has 0 aliphatic rings. The van der Waals surface area contributed by atoms with Gasteiger partial charge in [0.25, 0.3) is 0 Å². The van der Waals surface area contributed by atoms with Crippen LogP contribution in [0.25, 0.3) is 0 Å². The maximum absolute atomic E-state index is 10.7. The lowest BCUT2D eigenvalue weighted by atomic mass is 10.2. The predicted octanol–water partition coefficient (Wildman–Crippen LogP) is 0.783. The highest BCUT2D eigenvalue weighted by Crippen LogP contribution is 1.97. The molecule has 1 N–H and O–H groups in total. The van der Waals surface area contributed by atoms with E-state index in [-0.39, 0.29) is 18.6 Å². The van der Waals surface area contributed by atoms with Crippen LogP contribution in [0, 0.1) is 0 Å². The molecule has 0 aromatic heterocycles. The van der Waals surface area contributed by atoms with Gasteiger partial charge in [-0.3, -0.25) is 9.59 Å². The maximum Gasteiger partial charge on any atom is 0.303 e. The van der Waals surface area contributed by atoms with Crippen LogP contribution in [0.1, 0.15) is 12.8 Å². The van der Waals surface area contributed by atoms with E-state index in [0.717, 1.165) is 0 Å². The van der Waals surface area contributed by atoms with E-state index in [4.69, 9.17) is 5.11 Å². The summed E-state index contributed by atoms with van der Waals surface area (Å²) in [7, 11) is 0. The highest BCUT2D eigenvalue weighted by molar-refractivity contribution is 7.99. The summed E-state index contributed by atoms with van der Waals surface area (Å²) in [6.07, 6.45) is 1.94. The number of ketones is 1. The number of rotatable bonds is 5. The van der Waals surface area contributed by atoms with Gasteiger partial charge in [-0.05, 0) is 6.26 Å². The van der Waals surface area contributed by atoms with E-state index in [1.807, 2.05) is 6.26 Å². The third-order valence-corrected chi connectivity index (χ3v) is 1.53. The zero-order valence-corrected chi connectivity index (χ0v) is 6.61. The van der Waals surface area contributed by atoms with Crippen molar-refractivity contribution >= 4 is 23.5 Å². The number of thioether (sulfide) groups is 1. The molecule has 10 heavy (non-hydrogen) atoms. The van der Waals surface area contributed by atoms with Crippen molar-refractivity contribution in [3.63, 3.8) is 0 Å². The van der Waals surface area contributed by atoms with Crippen LogP contribution in [0.4, 0.5) is 0 Å². The van der Waals surface area contributed by atoms with Gasteiger partial charge in [-0.1, -0.05) is 0 Å². The summed E-state index contributed by atoms with van der Waals surface area (Å²) in [5.74, 6) is -0.475. The fourth-order valence-corrected chi connectivity index (χ4v) is 0.946. The molecule has 0 fully saturated rings. The highest BCUT2D eigenvalue weighted by Gasteiger charge is 2.03. The van der Waals surface area contributed by atoms with Gasteiger partial charge in [-0.25, -0.2) is 0 Å². The van der Waals surface area contributed by atoms with Crippen LogP contribution >= 0.6 is 11.8 Å². The Morgan fingerprint density at radius 1 is 1.40 bits per heavy atom. The van der Waals surface area contributed by atoms with Gasteiger partial charge in [0.15, 0.2) is 0 Å². The Labute approximate surface area is 63.8 Å². The lowest BCUT2D eigenvalue weighted by Gasteiger charge is -1.93. The zero-order valence-electron chi connectivity index (χ0n) is 5.79. The fraction of sp³-hybridized carbons (Fsp3) is 0.667. The van der Waals surface area contributed by atoms with Crippen LogP contribution in [0.2, 0.25) is 0 Å². The largest absolute Gasteiger partial charge is 0.481 e. The molecule has 0 spiro atoms. The topological polar surface area (TPSA) is 54.4 Å². The quantitative estimate of drug-likeness (QED) is 0.649. The monoisotopic (exact) mass is 162 g/mol. The van der Waals surface area contributed by atoms with E-state index in [9.17, 15) is 9.59 Å². The van der Waals surface area contributed by atoms with E-state index in [2.05, 4.69) is 0 Å². The molecule has 0 saturated heterocycles. The molecule has 0 radical (unpaired) electrons. The Morgan fingerprint density at radius 3 is 2.40 bits per heavy atom. The van der Waals surface area contributed by atoms with E-state index in [0.29, 0.717) is 5.75 Å². The summed E-state index contributed by atoms with van der Waals surface area (Å²) < 4.78 is 0. The Kier molecular flexibility index (Phi) is 5.02. The molecule has 3 nitrogen and oxygen atoms in total. The van der Waals surface area contributed by atoms with Crippen LogP contribution < -0.4 is 0 Å².